The molecule has 0 aliphatic carbocycles. The van der Waals surface area contributed by atoms with Crippen molar-refractivity contribution >= 4 is 23.3 Å². The number of ether oxygens (including phenoxy) is 1. The Kier molecular flexibility index (Phi) is 7.38. The Hall–Kier alpha value is -2.22. The van der Waals surface area contributed by atoms with E-state index in [-0.39, 0.29) is 5.91 Å². The third-order valence-electron chi connectivity index (χ3n) is 4.35. The minimum Gasteiger partial charge on any atom is -0.379 e. The highest BCUT2D eigenvalue weighted by Gasteiger charge is 2.10. The minimum atomic E-state index is -0.226. The van der Waals surface area contributed by atoms with E-state index in [4.69, 9.17) is 16.3 Å². The fraction of sp³-hybridized carbons (Fsp3) is 0.421. The number of nitrogens with one attached hydrogen (secondary N) is 2. The molecule has 27 heavy (non-hydrogen) atoms. The zero-order valence-corrected chi connectivity index (χ0v) is 15.9. The largest absolute Gasteiger partial charge is 0.379 e. The molecule has 144 valence electrons. The number of aromatic nitrogens is 2. The SMILES string of the molecule is O=C(NCCc1ccc(Cl)cc1)c1ccc(NCCN2CCOCC2)nn1. The van der Waals surface area contributed by atoms with Crippen molar-refractivity contribution in [3.05, 3.63) is 52.7 Å². The number of morpholine rings is 1. The van der Waals surface area contributed by atoms with Gasteiger partial charge in [-0.25, -0.2) is 0 Å². The Bertz CT molecular complexity index is 718. The summed E-state index contributed by atoms with van der Waals surface area (Å²) in [5.41, 5.74) is 1.43. The van der Waals surface area contributed by atoms with Crippen LogP contribution in [0.5, 0.6) is 0 Å². The molecule has 8 heteroatoms. The van der Waals surface area contributed by atoms with Crippen LogP contribution in [0.25, 0.3) is 0 Å². The van der Waals surface area contributed by atoms with Gasteiger partial charge in [0.1, 0.15) is 5.82 Å². The second-order valence-corrected chi connectivity index (χ2v) is 6.75. The molecule has 1 aromatic carbocycles. The summed E-state index contributed by atoms with van der Waals surface area (Å²) in [6.45, 7) is 5.75. The van der Waals surface area contributed by atoms with Gasteiger partial charge in [0.05, 0.1) is 13.2 Å². The van der Waals surface area contributed by atoms with Crippen molar-refractivity contribution in [2.45, 2.75) is 6.42 Å². The molecular weight excluding hydrogens is 366 g/mol. The molecule has 0 unspecified atom stereocenters. The molecule has 1 aromatic heterocycles. The molecule has 0 atom stereocenters. The first kappa shape index (κ1) is 19.5. The zero-order valence-electron chi connectivity index (χ0n) is 15.2. The molecule has 2 aromatic rings. The molecule has 0 bridgehead atoms. The van der Waals surface area contributed by atoms with Crippen molar-refractivity contribution in [3.8, 4) is 0 Å². The molecule has 1 saturated heterocycles. The van der Waals surface area contributed by atoms with Gasteiger partial charge in [-0.1, -0.05) is 23.7 Å². The number of hydrogen-bond acceptors (Lipinski definition) is 6. The molecule has 2 heterocycles. The first-order valence-electron chi connectivity index (χ1n) is 9.11. The normalized spacial score (nSPS) is 14.7. The second kappa shape index (κ2) is 10.2. The van der Waals surface area contributed by atoms with E-state index in [0.717, 1.165) is 51.4 Å². The quantitative estimate of drug-likeness (QED) is 0.717. The lowest BCUT2D eigenvalue weighted by Gasteiger charge is -2.26. The summed E-state index contributed by atoms with van der Waals surface area (Å²) in [4.78, 5) is 14.5. The van der Waals surface area contributed by atoms with Crippen molar-refractivity contribution in [3.63, 3.8) is 0 Å². The molecule has 1 aliphatic heterocycles. The molecule has 0 spiro atoms. The van der Waals surface area contributed by atoms with Crippen LogP contribution in [0.15, 0.2) is 36.4 Å². The lowest BCUT2D eigenvalue weighted by molar-refractivity contribution is 0.0398. The predicted octanol–water partition coefficient (Wildman–Crippen LogP) is 1.85. The maximum Gasteiger partial charge on any atom is 0.271 e. The van der Waals surface area contributed by atoms with Gasteiger partial charge in [0.15, 0.2) is 5.69 Å². The van der Waals surface area contributed by atoms with Crippen LogP contribution in [-0.4, -0.2) is 66.9 Å². The number of halogens is 1. The van der Waals surface area contributed by atoms with Crippen LogP contribution in [-0.2, 0) is 11.2 Å². The molecule has 3 rings (SSSR count). The van der Waals surface area contributed by atoms with Crippen molar-refractivity contribution < 1.29 is 9.53 Å². The summed E-state index contributed by atoms with van der Waals surface area (Å²) in [6, 6.07) is 11.0. The van der Waals surface area contributed by atoms with Gasteiger partial charge in [0, 0.05) is 37.7 Å². The smallest absolute Gasteiger partial charge is 0.271 e. The monoisotopic (exact) mass is 389 g/mol. The Morgan fingerprint density at radius 1 is 1.07 bits per heavy atom. The Morgan fingerprint density at radius 3 is 2.56 bits per heavy atom. The van der Waals surface area contributed by atoms with Crippen molar-refractivity contribution in [2.75, 3.05) is 51.3 Å². The van der Waals surface area contributed by atoms with E-state index in [1.54, 1.807) is 12.1 Å². The summed E-state index contributed by atoms with van der Waals surface area (Å²) < 4.78 is 5.33. The standard InChI is InChI=1S/C19H24ClN5O2/c20-16-3-1-15(2-4-16)7-8-22-19(26)17-5-6-18(24-23-17)21-9-10-25-11-13-27-14-12-25/h1-6H,7-14H2,(H,21,24)(H,22,26). The molecule has 1 amide bonds. The maximum absolute atomic E-state index is 12.1. The van der Waals surface area contributed by atoms with Gasteiger partial charge in [-0.3, -0.25) is 9.69 Å². The second-order valence-electron chi connectivity index (χ2n) is 6.32. The summed E-state index contributed by atoms with van der Waals surface area (Å²) in [7, 11) is 0. The van der Waals surface area contributed by atoms with Crippen LogP contribution in [0.1, 0.15) is 16.1 Å². The van der Waals surface area contributed by atoms with Crippen LogP contribution in [0, 0.1) is 0 Å². The molecule has 1 fully saturated rings. The predicted molar refractivity (Wildman–Crippen MR) is 105 cm³/mol. The highest BCUT2D eigenvalue weighted by molar-refractivity contribution is 6.30. The van der Waals surface area contributed by atoms with Gasteiger partial charge < -0.3 is 15.4 Å². The van der Waals surface area contributed by atoms with Crippen LogP contribution in [0.3, 0.4) is 0 Å². The van der Waals surface area contributed by atoms with E-state index < -0.39 is 0 Å². The minimum absolute atomic E-state index is 0.226. The molecular formula is C19H24ClN5O2. The summed E-state index contributed by atoms with van der Waals surface area (Å²) in [5, 5.41) is 14.9. The molecule has 2 N–H and O–H groups in total. The lowest BCUT2D eigenvalue weighted by atomic mass is 10.1. The number of rotatable bonds is 8. The number of nitrogens with zero attached hydrogens (tertiary/aromatic N) is 3. The fourth-order valence-electron chi connectivity index (χ4n) is 2.78. The average molecular weight is 390 g/mol. The molecule has 0 radical (unpaired) electrons. The number of anilines is 1. The van der Waals surface area contributed by atoms with Crippen molar-refractivity contribution in [2.24, 2.45) is 0 Å². The summed E-state index contributed by atoms with van der Waals surface area (Å²) in [5.74, 6) is 0.442. The Labute approximate surface area is 164 Å². The van der Waals surface area contributed by atoms with Crippen LogP contribution >= 0.6 is 11.6 Å². The van der Waals surface area contributed by atoms with Gasteiger partial charge in [0.2, 0.25) is 0 Å². The van der Waals surface area contributed by atoms with Crippen LogP contribution in [0.4, 0.5) is 5.82 Å². The summed E-state index contributed by atoms with van der Waals surface area (Å²) >= 11 is 5.86. The van der Waals surface area contributed by atoms with E-state index in [2.05, 4.69) is 25.7 Å². The van der Waals surface area contributed by atoms with Gasteiger partial charge in [-0.05, 0) is 36.2 Å². The van der Waals surface area contributed by atoms with E-state index in [1.807, 2.05) is 24.3 Å². The van der Waals surface area contributed by atoms with Gasteiger partial charge in [-0.15, -0.1) is 10.2 Å². The fourth-order valence-corrected chi connectivity index (χ4v) is 2.90. The van der Waals surface area contributed by atoms with Crippen LogP contribution in [0.2, 0.25) is 5.02 Å². The third-order valence-corrected chi connectivity index (χ3v) is 4.60. The molecule has 1 aliphatic rings. The van der Waals surface area contributed by atoms with Crippen molar-refractivity contribution in [1.82, 2.24) is 20.4 Å². The van der Waals surface area contributed by atoms with E-state index in [1.165, 1.54) is 0 Å². The van der Waals surface area contributed by atoms with E-state index in [0.29, 0.717) is 23.1 Å². The highest BCUT2D eigenvalue weighted by Crippen LogP contribution is 2.09. The first-order chi connectivity index (χ1) is 13.2. The van der Waals surface area contributed by atoms with Crippen molar-refractivity contribution in [1.29, 1.82) is 0 Å². The Balaban J connectivity index is 1.38. The van der Waals surface area contributed by atoms with Gasteiger partial charge >= 0.3 is 0 Å². The topological polar surface area (TPSA) is 79.4 Å². The van der Waals surface area contributed by atoms with E-state index >= 15 is 0 Å². The zero-order chi connectivity index (χ0) is 18.9. The number of carbonyl (C=O) groups excluding carboxylic acids is 1. The molecule has 7 nitrogen and oxygen atoms in total. The van der Waals surface area contributed by atoms with Gasteiger partial charge in [-0.2, -0.15) is 0 Å². The summed E-state index contributed by atoms with van der Waals surface area (Å²) in [6.07, 6.45) is 0.734. The third kappa shape index (κ3) is 6.46. The highest BCUT2D eigenvalue weighted by atomic mass is 35.5. The number of carbonyl (C=O) groups is 1. The average Bonchev–Trinajstić information content (AvgIpc) is 2.71. The first-order valence-corrected chi connectivity index (χ1v) is 9.49. The lowest BCUT2D eigenvalue weighted by Crippen LogP contribution is -2.39. The van der Waals surface area contributed by atoms with Gasteiger partial charge in [0.25, 0.3) is 5.91 Å². The molecule has 0 saturated carbocycles. The number of amides is 1. The number of hydrogen-bond donors (Lipinski definition) is 2. The number of benzene rings is 1. The maximum atomic E-state index is 12.1. The van der Waals surface area contributed by atoms with E-state index in [9.17, 15) is 4.79 Å². The van der Waals surface area contributed by atoms with Crippen LogP contribution < -0.4 is 10.6 Å². The Morgan fingerprint density at radius 2 is 1.85 bits per heavy atom.